The third-order valence-corrected chi connectivity index (χ3v) is 7.85. The van der Waals surface area contributed by atoms with E-state index in [0.717, 1.165) is 4.31 Å². The Labute approximate surface area is 198 Å². The van der Waals surface area contributed by atoms with E-state index in [-0.39, 0.29) is 18.7 Å². The standard InChI is InChI=1S/C21H31BrN2O7S/c1-20(2,3)24-17(25)11-16(32(24,29)30)13-8-7-12(9-14(13)22)10-15(18(26)27)23-19(28)31-21(4,5)6/h7-9,15-16,29-30H,10-11H2,1-6H3,(H,23,28)(H,26,27)/t15-,16?/m0/s1. The molecule has 0 aliphatic carbocycles. The summed E-state index contributed by atoms with van der Waals surface area (Å²) in [7, 11) is -3.41. The largest absolute Gasteiger partial charge is 0.480 e. The topological polar surface area (TPSA) is 136 Å². The first-order chi connectivity index (χ1) is 14.4. The number of aliphatic carboxylic acids is 1. The molecular formula is C21H31BrN2O7S. The van der Waals surface area contributed by atoms with Crippen LogP contribution >= 0.6 is 26.7 Å². The molecule has 1 aromatic rings. The minimum absolute atomic E-state index is 0.0125. The van der Waals surface area contributed by atoms with E-state index in [1.54, 1.807) is 59.7 Å². The molecule has 1 fully saturated rings. The number of nitrogens with zero attached hydrogens (tertiary/aromatic N) is 1. The second-order valence-electron chi connectivity index (χ2n) is 9.71. The number of hydrogen-bond donors (Lipinski definition) is 4. The highest BCUT2D eigenvalue weighted by molar-refractivity contribution is 9.10. The number of rotatable bonds is 5. The lowest BCUT2D eigenvalue weighted by Gasteiger charge is -2.47. The molecule has 32 heavy (non-hydrogen) atoms. The van der Waals surface area contributed by atoms with Gasteiger partial charge in [0.05, 0.1) is 12.0 Å². The molecule has 0 saturated carbocycles. The van der Waals surface area contributed by atoms with Crippen LogP contribution in [0.1, 0.15) is 64.3 Å². The highest BCUT2D eigenvalue weighted by Crippen LogP contribution is 2.66. The van der Waals surface area contributed by atoms with Crippen molar-refractivity contribution >= 4 is 44.7 Å². The van der Waals surface area contributed by atoms with Crippen molar-refractivity contribution in [3.8, 4) is 0 Å². The van der Waals surface area contributed by atoms with Crippen LogP contribution in [-0.2, 0) is 20.7 Å². The minimum atomic E-state index is -3.41. The Balaban J connectivity index is 2.23. The molecule has 4 N–H and O–H groups in total. The van der Waals surface area contributed by atoms with Crippen molar-refractivity contribution in [2.75, 3.05) is 0 Å². The summed E-state index contributed by atoms with van der Waals surface area (Å²) in [5.41, 5.74) is -0.376. The van der Waals surface area contributed by atoms with Crippen molar-refractivity contribution in [2.24, 2.45) is 0 Å². The van der Waals surface area contributed by atoms with Crippen LogP contribution in [0.15, 0.2) is 22.7 Å². The molecule has 0 bridgehead atoms. The normalized spacial score (nSPS) is 20.6. The maximum absolute atomic E-state index is 12.5. The Morgan fingerprint density at radius 2 is 1.84 bits per heavy atom. The molecule has 11 heteroatoms. The summed E-state index contributed by atoms with van der Waals surface area (Å²) in [6.07, 6.45) is -0.891. The Hall–Kier alpha value is -1.82. The molecule has 1 aromatic carbocycles. The van der Waals surface area contributed by atoms with Crippen molar-refractivity contribution in [2.45, 2.75) is 76.8 Å². The van der Waals surface area contributed by atoms with Gasteiger partial charge in [-0.05, 0) is 58.7 Å². The van der Waals surface area contributed by atoms with Crippen molar-refractivity contribution in [1.29, 1.82) is 0 Å². The molecule has 0 aromatic heterocycles. The number of carbonyl (C=O) groups is 3. The fraction of sp³-hybridized carbons (Fsp3) is 0.571. The van der Waals surface area contributed by atoms with Gasteiger partial charge < -0.3 is 15.2 Å². The second kappa shape index (κ2) is 9.20. The van der Waals surface area contributed by atoms with Gasteiger partial charge in [-0.1, -0.05) is 28.1 Å². The minimum Gasteiger partial charge on any atom is -0.480 e. The number of benzene rings is 1. The van der Waals surface area contributed by atoms with Crippen LogP contribution in [0.2, 0.25) is 0 Å². The zero-order valence-electron chi connectivity index (χ0n) is 19.0. The molecule has 1 heterocycles. The summed E-state index contributed by atoms with van der Waals surface area (Å²) in [6, 6.07) is 3.73. The highest BCUT2D eigenvalue weighted by Gasteiger charge is 2.50. The Morgan fingerprint density at radius 1 is 1.25 bits per heavy atom. The average Bonchev–Trinajstić information content (AvgIpc) is 2.81. The predicted molar refractivity (Wildman–Crippen MR) is 125 cm³/mol. The quantitative estimate of drug-likeness (QED) is 0.429. The van der Waals surface area contributed by atoms with Crippen LogP contribution < -0.4 is 5.32 Å². The van der Waals surface area contributed by atoms with E-state index in [9.17, 15) is 28.6 Å². The monoisotopic (exact) mass is 534 g/mol. The van der Waals surface area contributed by atoms with Crippen LogP contribution in [-0.4, -0.2) is 53.7 Å². The zero-order valence-corrected chi connectivity index (χ0v) is 21.4. The Kier molecular flexibility index (Phi) is 7.60. The molecule has 1 aliphatic rings. The molecule has 2 atom stereocenters. The van der Waals surface area contributed by atoms with E-state index >= 15 is 0 Å². The SMILES string of the molecule is CC(C)(C)OC(=O)N[C@@H](Cc1ccc(C2CC(=O)N(C(C)(C)C)S2(O)O)c(Br)c1)C(=O)O. The van der Waals surface area contributed by atoms with Crippen LogP contribution in [0.5, 0.6) is 0 Å². The van der Waals surface area contributed by atoms with Crippen molar-refractivity contribution in [1.82, 2.24) is 9.62 Å². The average molecular weight is 535 g/mol. The molecular weight excluding hydrogens is 504 g/mol. The summed E-state index contributed by atoms with van der Waals surface area (Å²) in [6.45, 7) is 10.3. The smallest absolute Gasteiger partial charge is 0.408 e. The second-order valence-corrected chi connectivity index (χ2v) is 12.6. The number of carbonyl (C=O) groups excluding carboxylic acids is 2. The molecule has 1 aliphatic heterocycles. The lowest BCUT2D eigenvalue weighted by molar-refractivity contribution is -0.139. The molecule has 2 rings (SSSR count). The van der Waals surface area contributed by atoms with Crippen molar-refractivity contribution in [3.05, 3.63) is 33.8 Å². The number of halogens is 1. The Bertz CT molecular complexity index is 908. The van der Waals surface area contributed by atoms with Gasteiger partial charge in [-0.15, -0.1) is 10.8 Å². The molecule has 1 saturated heterocycles. The van der Waals surface area contributed by atoms with Gasteiger partial charge >= 0.3 is 12.1 Å². The molecule has 2 amide bonds. The van der Waals surface area contributed by atoms with Gasteiger partial charge in [0.25, 0.3) is 0 Å². The number of carboxylic acids is 1. The maximum atomic E-state index is 12.5. The van der Waals surface area contributed by atoms with Crippen LogP contribution in [0.3, 0.4) is 0 Å². The van der Waals surface area contributed by atoms with Crippen molar-refractivity contribution in [3.63, 3.8) is 0 Å². The van der Waals surface area contributed by atoms with E-state index in [2.05, 4.69) is 21.2 Å². The highest BCUT2D eigenvalue weighted by atomic mass is 79.9. The fourth-order valence-corrected chi connectivity index (χ4v) is 6.73. The lowest BCUT2D eigenvalue weighted by atomic mass is 10.0. The fourth-order valence-electron chi connectivity index (χ4n) is 3.53. The van der Waals surface area contributed by atoms with E-state index in [1.807, 2.05) is 0 Å². The van der Waals surface area contributed by atoms with Crippen LogP contribution in [0.4, 0.5) is 4.79 Å². The van der Waals surface area contributed by atoms with Gasteiger partial charge in [-0.2, -0.15) is 0 Å². The van der Waals surface area contributed by atoms with Gasteiger partial charge in [-0.25, -0.2) is 13.9 Å². The first kappa shape index (κ1) is 26.4. The number of alkyl carbamates (subject to hydrolysis) is 1. The molecule has 180 valence electrons. The first-order valence-corrected chi connectivity index (χ1v) is 12.4. The number of ether oxygens (including phenoxy) is 1. The first-order valence-electron chi connectivity index (χ1n) is 10.0. The van der Waals surface area contributed by atoms with Crippen LogP contribution in [0.25, 0.3) is 0 Å². The van der Waals surface area contributed by atoms with Gasteiger partial charge in [0.2, 0.25) is 5.91 Å². The number of hydrogen-bond acceptors (Lipinski definition) is 6. The number of carboxylic acid groups (broad SMARTS) is 1. The van der Waals surface area contributed by atoms with Gasteiger partial charge in [0.15, 0.2) is 0 Å². The number of amides is 2. The van der Waals surface area contributed by atoms with E-state index in [4.69, 9.17) is 4.74 Å². The molecule has 1 unspecified atom stereocenters. The third kappa shape index (κ3) is 6.15. The van der Waals surface area contributed by atoms with Gasteiger partial charge in [-0.3, -0.25) is 13.9 Å². The summed E-state index contributed by atoms with van der Waals surface area (Å²) in [4.78, 5) is 36.1. The predicted octanol–water partition coefficient (Wildman–Crippen LogP) is 4.71. The van der Waals surface area contributed by atoms with E-state index < -0.39 is 45.3 Å². The van der Waals surface area contributed by atoms with Crippen molar-refractivity contribution < 1.29 is 33.3 Å². The summed E-state index contributed by atoms with van der Waals surface area (Å²) in [5, 5.41) is 11.0. The van der Waals surface area contributed by atoms with Gasteiger partial charge in [0.1, 0.15) is 16.9 Å². The summed E-state index contributed by atoms with van der Waals surface area (Å²) >= 11 is 3.42. The summed E-state index contributed by atoms with van der Waals surface area (Å²) in [5.74, 6) is -1.56. The van der Waals surface area contributed by atoms with Crippen LogP contribution in [0, 0.1) is 0 Å². The Morgan fingerprint density at radius 3 is 2.28 bits per heavy atom. The number of nitrogens with one attached hydrogen (secondary N) is 1. The molecule has 9 nitrogen and oxygen atoms in total. The summed E-state index contributed by atoms with van der Waals surface area (Å²) < 4.78 is 28.5. The molecule has 0 spiro atoms. The van der Waals surface area contributed by atoms with Gasteiger partial charge in [0, 0.05) is 10.9 Å². The third-order valence-electron chi connectivity index (χ3n) is 4.69. The zero-order chi connectivity index (χ0) is 24.6. The molecule has 0 radical (unpaired) electrons. The lowest BCUT2D eigenvalue weighted by Crippen LogP contribution is -2.44. The van der Waals surface area contributed by atoms with E-state index in [0.29, 0.717) is 15.6 Å². The van der Waals surface area contributed by atoms with E-state index in [1.165, 1.54) is 0 Å². The maximum Gasteiger partial charge on any atom is 0.408 e.